The van der Waals surface area contributed by atoms with Gasteiger partial charge in [-0.1, -0.05) is 27.7 Å². The van der Waals surface area contributed by atoms with E-state index in [-0.39, 0.29) is 37.5 Å². The van der Waals surface area contributed by atoms with Crippen molar-refractivity contribution >= 4 is 47.6 Å². The third-order valence-corrected chi connectivity index (χ3v) is 9.20. The van der Waals surface area contributed by atoms with Crippen molar-refractivity contribution in [3.8, 4) is 0 Å². The van der Waals surface area contributed by atoms with Gasteiger partial charge in [0.2, 0.25) is 35.4 Å². The lowest BCUT2D eigenvalue weighted by Gasteiger charge is -2.25. The van der Waals surface area contributed by atoms with Crippen molar-refractivity contribution < 1.29 is 54.3 Å². The Kier molecular flexibility index (Phi) is 19.6. The Balaban J connectivity index is 1.66. The van der Waals surface area contributed by atoms with Crippen molar-refractivity contribution in [1.29, 1.82) is 0 Å². The number of quaternary nitrogens is 1. The first-order valence-corrected chi connectivity index (χ1v) is 19.6. The quantitative estimate of drug-likeness (QED) is 0.0336. The number of hydrogen-bond donors (Lipinski definition) is 13. The number of H-pyrrole nitrogens is 3. The molecule has 0 saturated carbocycles. The lowest BCUT2D eigenvalue weighted by molar-refractivity contribution is -0.403. The molecular weight excluding hydrogens is 800 g/mol. The van der Waals surface area contributed by atoms with E-state index in [9.17, 15) is 48.6 Å². The Morgan fingerprint density at radius 2 is 1.03 bits per heavy atom. The standard InChI is InChI=1S/C37H56N14O10/c1-19(2)5-25(34(58)49-28(13-52)20(3)4)46-31(55)12-42-33(57)29(14-53)50-37(61)30(15-54)51-36(60)27(8-23-11-41-18-45-23)48-35(59)26(7-22-10-40-17-44-22)47-32(56)24(38)6-21-9-39-16-43-21/h9-11,13,16-20,24-30,53-54H,5-8,12,14-15,38H2,1-4H3,(H,39,43)(H,40,44)(H,41,45)(H,42,57)(H,46,55)(H,47,56)(H,48,59)(H,49,58)(H,50,61)(H,51,60)/p+1/t24-,25-,26-,27-,28+,29-,30-/m0/s1. The highest BCUT2D eigenvalue weighted by molar-refractivity contribution is 5.97. The van der Waals surface area contributed by atoms with Gasteiger partial charge < -0.3 is 72.9 Å². The average Bonchev–Trinajstić information content (AvgIpc) is 4.04. The second-order valence-corrected chi connectivity index (χ2v) is 15.0. The molecule has 24 nitrogen and oxygen atoms in total. The van der Waals surface area contributed by atoms with Crippen molar-refractivity contribution in [2.45, 2.75) is 95.7 Å². The van der Waals surface area contributed by atoms with Gasteiger partial charge in [0.15, 0.2) is 6.04 Å². The van der Waals surface area contributed by atoms with Gasteiger partial charge in [0, 0.05) is 48.5 Å². The summed E-state index contributed by atoms with van der Waals surface area (Å²) < 4.78 is 0. The van der Waals surface area contributed by atoms with Crippen LogP contribution in [0.25, 0.3) is 0 Å². The molecule has 15 N–H and O–H groups in total. The predicted octanol–water partition coefficient (Wildman–Crippen LogP) is -5.60. The van der Waals surface area contributed by atoms with Crippen LogP contribution in [0.3, 0.4) is 0 Å². The van der Waals surface area contributed by atoms with Crippen LogP contribution in [0.4, 0.5) is 0 Å². The molecule has 3 aromatic heterocycles. The fraction of sp³-hybridized carbons (Fsp3) is 0.541. The molecule has 3 rings (SSSR count). The number of aromatic amines is 3. The van der Waals surface area contributed by atoms with Crippen LogP contribution in [0.5, 0.6) is 0 Å². The first-order chi connectivity index (χ1) is 29.0. The first kappa shape index (κ1) is 48.8. The SMILES string of the molecule is CC(C)C[C@H](NC(=O)CNC(=O)[C@H](CO)NC(=O)[C@H](CO)NC(=O)[C@H](Cc1cnc[nH]1)NC(=O)[C@H](Cc1cnc[nH]1)NC(=O)[C@@H]([NH3+])Cc1cnc[nH]1)C(=O)N[C@H](C=O)C(C)C. The highest BCUT2D eigenvalue weighted by atomic mass is 16.3. The van der Waals surface area contributed by atoms with Gasteiger partial charge in [0.05, 0.1) is 51.2 Å². The maximum atomic E-state index is 13.8. The lowest BCUT2D eigenvalue weighted by atomic mass is 10.0. The molecule has 3 heterocycles. The molecule has 0 fully saturated rings. The first-order valence-electron chi connectivity index (χ1n) is 19.6. The van der Waals surface area contributed by atoms with Crippen molar-refractivity contribution in [2.75, 3.05) is 19.8 Å². The van der Waals surface area contributed by atoms with Gasteiger partial charge in [-0.05, 0) is 18.3 Å². The van der Waals surface area contributed by atoms with Crippen LogP contribution >= 0.6 is 0 Å². The fourth-order valence-corrected chi connectivity index (χ4v) is 5.76. The average molecular weight is 858 g/mol. The number of aldehydes is 1. The van der Waals surface area contributed by atoms with Crippen LogP contribution in [-0.4, -0.2) is 150 Å². The number of amides is 7. The molecule has 0 aliphatic heterocycles. The van der Waals surface area contributed by atoms with Crippen molar-refractivity contribution in [2.24, 2.45) is 11.8 Å². The van der Waals surface area contributed by atoms with E-state index >= 15 is 0 Å². The summed E-state index contributed by atoms with van der Waals surface area (Å²) in [4.78, 5) is 124. The van der Waals surface area contributed by atoms with E-state index in [2.05, 4.69) is 72.9 Å². The number of nitrogens with one attached hydrogen (secondary N) is 10. The highest BCUT2D eigenvalue weighted by Gasteiger charge is 2.33. The Bertz CT molecular complexity index is 1870. The Hall–Kier alpha value is -6.53. The van der Waals surface area contributed by atoms with Crippen LogP contribution in [0.2, 0.25) is 0 Å². The molecule has 334 valence electrons. The summed E-state index contributed by atoms with van der Waals surface area (Å²) in [5.41, 5.74) is 5.41. The van der Waals surface area contributed by atoms with E-state index in [1.54, 1.807) is 13.8 Å². The van der Waals surface area contributed by atoms with E-state index < -0.39 is 103 Å². The second-order valence-electron chi connectivity index (χ2n) is 15.0. The monoisotopic (exact) mass is 857 g/mol. The molecule has 0 saturated heterocycles. The van der Waals surface area contributed by atoms with Gasteiger partial charge in [-0.3, -0.25) is 33.6 Å². The van der Waals surface area contributed by atoms with Crippen LogP contribution in [0.15, 0.2) is 37.6 Å². The molecule has 0 aliphatic rings. The molecule has 0 aromatic carbocycles. The van der Waals surface area contributed by atoms with Crippen molar-refractivity contribution in [1.82, 2.24) is 67.1 Å². The predicted molar refractivity (Wildman–Crippen MR) is 213 cm³/mol. The third-order valence-electron chi connectivity index (χ3n) is 9.20. The number of carbonyl (C=O) groups is 8. The summed E-state index contributed by atoms with van der Waals surface area (Å²) in [7, 11) is 0. The van der Waals surface area contributed by atoms with Crippen LogP contribution < -0.4 is 43.0 Å². The van der Waals surface area contributed by atoms with Crippen molar-refractivity contribution in [3.05, 3.63) is 54.7 Å². The molecule has 24 heteroatoms. The lowest BCUT2D eigenvalue weighted by Crippen LogP contribution is -2.70. The number of imidazole rings is 3. The molecule has 7 amide bonds. The van der Waals surface area contributed by atoms with Crippen LogP contribution in [0.1, 0.15) is 51.2 Å². The summed E-state index contributed by atoms with van der Waals surface area (Å²) in [5.74, 6) is -6.03. The maximum absolute atomic E-state index is 13.8. The van der Waals surface area contributed by atoms with Gasteiger partial charge in [0.1, 0.15) is 36.5 Å². The van der Waals surface area contributed by atoms with Crippen LogP contribution in [-0.2, 0) is 57.6 Å². The zero-order valence-electron chi connectivity index (χ0n) is 34.4. The largest absolute Gasteiger partial charge is 0.394 e. The number of aromatic nitrogens is 6. The fourth-order valence-electron chi connectivity index (χ4n) is 5.76. The zero-order chi connectivity index (χ0) is 45.1. The number of aliphatic hydroxyl groups excluding tert-OH is 2. The van der Waals surface area contributed by atoms with Gasteiger partial charge in [0.25, 0.3) is 5.91 Å². The number of rotatable bonds is 26. The van der Waals surface area contributed by atoms with Gasteiger partial charge in [-0.2, -0.15) is 0 Å². The third kappa shape index (κ3) is 16.2. The topological polar surface area (TPSA) is 375 Å². The molecule has 0 aliphatic carbocycles. The number of nitrogens with zero attached hydrogens (tertiary/aromatic N) is 3. The van der Waals surface area contributed by atoms with Crippen LogP contribution in [0, 0.1) is 11.8 Å². The van der Waals surface area contributed by atoms with E-state index in [4.69, 9.17) is 0 Å². The number of hydrogen-bond acceptors (Lipinski definition) is 13. The smallest absolute Gasteiger partial charge is 0.279 e. The summed E-state index contributed by atoms with van der Waals surface area (Å²) >= 11 is 0. The zero-order valence-corrected chi connectivity index (χ0v) is 34.4. The second kappa shape index (κ2) is 24.5. The summed E-state index contributed by atoms with van der Waals surface area (Å²) in [6.45, 7) is 4.54. The molecule has 0 bridgehead atoms. The molecule has 7 atom stereocenters. The molecule has 61 heavy (non-hydrogen) atoms. The Morgan fingerprint density at radius 1 is 0.607 bits per heavy atom. The minimum absolute atomic E-state index is 0.0343. The summed E-state index contributed by atoms with van der Waals surface area (Å²) in [6.07, 6.45) is 9.33. The molecule has 0 unspecified atom stereocenters. The molecular formula is C37H57N14O10+. The van der Waals surface area contributed by atoms with E-state index in [0.717, 1.165) is 0 Å². The minimum Gasteiger partial charge on any atom is -0.394 e. The minimum atomic E-state index is -1.70. The normalized spacial score (nSPS) is 14.6. The summed E-state index contributed by atoms with van der Waals surface area (Å²) in [5, 5.41) is 37.2. The van der Waals surface area contributed by atoms with Gasteiger partial charge in [-0.25, -0.2) is 15.0 Å². The Labute approximate surface area is 350 Å². The number of carbonyl (C=O) groups excluding carboxylic acids is 8. The number of aliphatic hydroxyl groups is 2. The van der Waals surface area contributed by atoms with Gasteiger partial charge >= 0.3 is 0 Å². The van der Waals surface area contributed by atoms with E-state index in [1.807, 2.05) is 13.8 Å². The molecule has 3 aromatic rings. The summed E-state index contributed by atoms with van der Waals surface area (Å²) in [6, 6.07) is -8.66. The van der Waals surface area contributed by atoms with E-state index in [0.29, 0.717) is 23.4 Å². The highest BCUT2D eigenvalue weighted by Crippen LogP contribution is 2.08. The molecule has 0 spiro atoms. The van der Waals surface area contributed by atoms with Crippen molar-refractivity contribution in [3.63, 3.8) is 0 Å². The van der Waals surface area contributed by atoms with Gasteiger partial charge in [-0.15, -0.1) is 0 Å². The molecule has 0 radical (unpaired) electrons. The van der Waals surface area contributed by atoms with E-state index in [1.165, 1.54) is 37.6 Å². The Morgan fingerprint density at radius 3 is 1.46 bits per heavy atom. The maximum Gasteiger partial charge on any atom is 0.279 e.